The number of halogens is 1. The van der Waals surface area contributed by atoms with Crippen molar-refractivity contribution in [3.63, 3.8) is 0 Å². The quantitative estimate of drug-likeness (QED) is 0.714. The summed E-state index contributed by atoms with van der Waals surface area (Å²) in [5.41, 5.74) is 1.95. The smallest absolute Gasteiger partial charge is 0.166 e. The van der Waals surface area contributed by atoms with E-state index in [4.69, 9.17) is 21.3 Å². The van der Waals surface area contributed by atoms with Gasteiger partial charge in [-0.2, -0.15) is 0 Å². The zero-order valence-electron chi connectivity index (χ0n) is 15.1. The molecule has 1 aliphatic heterocycles. The molecular weight excluding hydrogens is 358 g/mol. The van der Waals surface area contributed by atoms with Crippen LogP contribution in [0.4, 0.5) is 0 Å². The van der Waals surface area contributed by atoms with Crippen molar-refractivity contribution in [3.05, 3.63) is 89.0 Å². The first-order valence-corrected chi connectivity index (χ1v) is 9.62. The summed E-state index contributed by atoms with van der Waals surface area (Å²) in [5.74, 6) is 1.50. The molecule has 0 unspecified atom stereocenters. The van der Waals surface area contributed by atoms with Gasteiger partial charge >= 0.3 is 0 Å². The number of hydrogen-bond acceptors (Lipinski definition) is 4. The van der Waals surface area contributed by atoms with E-state index in [1.54, 1.807) is 0 Å². The summed E-state index contributed by atoms with van der Waals surface area (Å²) in [7, 11) is 0. The van der Waals surface area contributed by atoms with Crippen molar-refractivity contribution in [2.45, 2.75) is 24.9 Å². The highest BCUT2D eigenvalue weighted by Gasteiger charge is 2.38. The van der Waals surface area contributed by atoms with Crippen LogP contribution in [0.15, 0.2) is 66.9 Å². The molecule has 4 nitrogen and oxygen atoms in total. The summed E-state index contributed by atoms with van der Waals surface area (Å²) in [5, 5.41) is 4.24. The van der Waals surface area contributed by atoms with Gasteiger partial charge in [-0.15, -0.1) is 0 Å². The van der Waals surface area contributed by atoms with Crippen molar-refractivity contribution in [2.24, 2.45) is 0 Å². The van der Waals surface area contributed by atoms with Gasteiger partial charge in [0, 0.05) is 16.6 Å². The fourth-order valence-corrected chi connectivity index (χ4v) is 4.08. The molecule has 2 heterocycles. The van der Waals surface area contributed by atoms with Crippen LogP contribution >= 0.6 is 11.6 Å². The summed E-state index contributed by atoms with van der Waals surface area (Å²) >= 11 is 6.59. The lowest BCUT2D eigenvalue weighted by Crippen LogP contribution is -2.41. The van der Waals surface area contributed by atoms with Crippen molar-refractivity contribution in [3.8, 4) is 5.75 Å². The largest absolute Gasteiger partial charge is 0.486 e. The monoisotopic (exact) mass is 379 g/mol. The predicted octanol–water partition coefficient (Wildman–Crippen LogP) is 4.38. The number of hydrogen-bond donors (Lipinski definition) is 1. The summed E-state index contributed by atoms with van der Waals surface area (Å²) in [4.78, 5) is 9.29. The molecule has 138 valence electrons. The Bertz CT molecular complexity index is 895. The minimum Gasteiger partial charge on any atom is -0.486 e. The third-order valence-electron chi connectivity index (χ3n) is 5.15. The van der Waals surface area contributed by atoms with Crippen LogP contribution in [0.25, 0.3) is 0 Å². The number of piperidine rings is 1. The van der Waals surface area contributed by atoms with Gasteiger partial charge in [-0.3, -0.25) is 0 Å². The van der Waals surface area contributed by atoms with E-state index in [0.717, 1.165) is 48.0 Å². The second-order valence-electron chi connectivity index (χ2n) is 6.77. The van der Waals surface area contributed by atoms with Gasteiger partial charge in [0.2, 0.25) is 0 Å². The number of benzene rings is 2. The van der Waals surface area contributed by atoms with Crippen molar-refractivity contribution < 1.29 is 4.74 Å². The second kappa shape index (κ2) is 8.07. The van der Waals surface area contributed by atoms with E-state index in [1.165, 1.54) is 0 Å². The lowest BCUT2D eigenvalue weighted by atomic mass is 9.70. The Hall–Kier alpha value is -2.43. The van der Waals surface area contributed by atoms with Gasteiger partial charge in [0.25, 0.3) is 0 Å². The van der Waals surface area contributed by atoms with Crippen LogP contribution in [-0.2, 0) is 12.0 Å². The molecule has 1 saturated heterocycles. The van der Waals surface area contributed by atoms with Gasteiger partial charge < -0.3 is 10.1 Å². The van der Waals surface area contributed by atoms with Crippen molar-refractivity contribution in [1.29, 1.82) is 0 Å². The van der Waals surface area contributed by atoms with Crippen LogP contribution in [-0.4, -0.2) is 23.1 Å². The summed E-state index contributed by atoms with van der Waals surface area (Å²) in [6, 6.07) is 19.9. The summed E-state index contributed by atoms with van der Waals surface area (Å²) < 4.78 is 5.83. The third-order valence-corrected chi connectivity index (χ3v) is 5.48. The van der Waals surface area contributed by atoms with Crippen LogP contribution in [0.3, 0.4) is 0 Å². The van der Waals surface area contributed by atoms with E-state index in [0.29, 0.717) is 12.4 Å². The molecule has 0 saturated carbocycles. The number of rotatable bonds is 5. The fraction of sp³-hybridized carbons (Fsp3) is 0.273. The topological polar surface area (TPSA) is 47.0 Å². The third kappa shape index (κ3) is 3.82. The highest BCUT2D eigenvalue weighted by Crippen LogP contribution is 2.42. The molecule has 1 aliphatic rings. The number of nitrogens with zero attached hydrogens (tertiary/aromatic N) is 2. The Labute approximate surface area is 164 Å². The Kier molecular flexibility index (Phi) is 5.37. The van der Waals surface area contributed by atoms with Gasteiger partial charge in [-0.05, 0) is 55.8 Å². The van der Waals surface area contributed by atoms with Gasteiger partial charge in [0.05, 0.1) is 5.69 Å². The van der Waals surface area contributed by atoms with Crippen molar-refractivity contribution in [2.75, 3.05) is 13.1 Å². The molecule has 1 N–H and O–H groups in total. The van der Waals surface area contributed by atoms with E-state index in [2.05, 4.69) is 16.4 Å². The number of nitrogens with one attached hydrogen (secondary N) is 1. The standard InChI is InChI=1S/C22H22ClN3O/c23-19-9-5-4-8-18(19)22(11-14-24-15-12-22)20-10-13-25-21(26-20)16-27-17-6-2-1-3-7-17/h1-10,13,24H,11-12,14-16H2. The molecule has 4 rings (SSSR count). The number of ether oxygens (including phenoxy) is 1. The minimum absolute atomic E-state index is 0.200. The summed E-state index contributed by atoms with van der Waals surface area (Å²) in [6.07, 6.45) is 3.73. The number of para-hydroxylation sites is 1. The van der Waals surface area contributed by atoms with Crippen LogP contribution in [0, 0.1) is 0 Å². The fourth-order valence-electron chi connectivity index (χ4n) is 3.77. The molecule has 0 atom stereocenters. The molecule has 0 aliphatic carbocycles. The molecule has 0 radical (unpaired) electrons. The van der Waals surface area contributed by atoms with Crippen LogP contribution in [0.2, 0.25) is 5.02 Å². The Balaban J connectivity index is 1.66. The minimum atomic E-state index is -0.200. The SMILES string of the molecule is Clc1ccccc1C1(c2ccnc(COc3ccccc3)n2)CCNCC1. The molecule has 5 heteroatoms. The highest BCUT2D eigenvalue weighted by atomic mass is 35.5. The molecule has 3 aromatic rings. The summed E-state index contributed by atoms with van der Waals surface area (Å²) in [6.45, 7) is 2.21. The number of aromatic nitrogens is 2. The van der Waals surface area contributed by atoms with Crippen LogP contribution in [0.1, 0.15) is 29.9 Å². The maximum atomic E-state index is 6.59. The zero-order chi connectivity index (χ0) is 18.5. The van der Waals surface area contributed by atoms with Gasteiger partial charge in [0.1, 0.15) is 12.4 Å². The predicted molar refractivity (Wildman–Crippen MR) is 107 cm³/mol. The molecule has 0 bridgehead atoms. The molecule has 1 fully saturated rings. The Morgan fingerprint density at radius 1 is 0.963 bits per heavy atom. The molecule has 1 aromatic heterocycles. The van der Waals surface area contributed by atoms with E-state index in [9.17, 15) is 0 Å². The molecule has 2 aromatic carbocycles. The first kappa shape index (κ1) is 18.0. The van der Waals surface area contributed by atoms with Crippen molar-refractivity contribution >= 4 is 11.6 Å². The van der Waals surface area contributed by atoms with Gasteiger partial charge in [-0.25, -0.2) is 9.97 Å². The first-order valence-electron chi connectivity index (χ1n) is 9.24. The maximum Gasteiger partial charge on any atom is 0.166 e. The lowest BCUT2D eigenvalue weighted by Gasteiger charge is -2.38. The zero-order valence-corrected chi connectivity index (χ0v) is 15.8. The van der Waals surface area contributed by atoms with E-state index < -0.39 is 0 Å². The maximum absolute atomic E-state index is 6.59. The van der Waals surface area contributed by atoms with E-state index in [-0.39, 0.29) is 5.41 Å². The van der Waals surface area contributed by atoms with Gasteiger partial charge in [0.15, 0.2) is 5.82 Å². The average Bonchev–Trinajstić information content (AvgIpc) is 2.74. The molecular formula is C22H22ClN3O. The Morgan fingerprint density at radius 2 is 1.70 bits per heavy atom. The van der Waals surface area contributed by atoms with Crippen molar-refractivity contribution in [1.82, 2.24) is 15.3 Å². The van der Waals surface area contributed by atoms with E-state index in [1.807, 2.05) is 60.8 Å². The second-order valence-corrected chi connectivity index (χ2v) is 7.18. The van der Waals surface area contributed by atoms with Crippen LogP contribution in [0.5, 0.6) is 5.75 Å². The molecule has 0 amide bonds. The average molecular weight is 380 g/mol. The molecule has 0 spiro atoms. The molecule has 27 heavy (non-hydrogen) atoms. The first-order chi connectivity index (χ1) is 13.3. The van der Waals surface area contributed by atoms with E-state index >= 15 is 0 Å². The van der Waals surface area contributed by atoms with Crippen LogP contribution < -0.4 is 10.1 Å². The highest BCUT2D eigenvalue weighted by molar-refractivity contribution is 6.31. The lowest BCUT2D eigenvalue weighted by molar-refractivity contribution is 0.292. The van der Waals surface area contributed by atoms with Gasteiger partial charge in [-0.1, -0.05) is 48.0 Å². The Morgan fingerprint density at radius 3 is 2.48 bits per heavy atom. The normalized spacial score (nSPS) is 16.0.